The Hall–Kier alpha value is -4.13. The van der Waals surface area contributed by atoms with Gasteiger partial charge in [0, 0.05) is 35.5 Å². The number of nitrogens with zero attached hydrogens (tertiary/aromatic N) is 5. The SMILES string of the molecule is CCc1cc(C(=O)N2CCc3ccccc3C2C)nc2cc(-c3ccc4cccnc4c3F)nn12. The van der Waals surface area contributed by atoms with Crippen LogP contribution in [-0.4, -0.2) is 36.9 Å². The van der Waals surface area contributed by atoms with E-state index < -0.39 is 5.82 Å². The molecular weight excluding hydrogens is 441 g/mol. The summed E-state index contributed by atoms with van der Waals surface area (Å²) in [7, 11) is 0. The van der Waals surface area contributed by atoms with Gasteiger partial charge in [-0.15, -0.1) is 0 Å². The number of hydrogen-bond donors (Lipinski definition) is 0. The fourth-order valence-electron chi connectivity index (χ4n) is 5.03. The summed E-state index contributed by atoms with van der Waals surface area (Å²) >= 11 is 0. The van der Waals surface area contributed by atoms with Crippen LogP contribution in [0.5, 0.6) is 0 Å². The van der Waals surface area contributed by atoms with Crippen LogP contribution < -0.4 is 0 Å². The third kappa shape index (κ3) is 3.46. The Labute approximate surface area is 202 Å². The first-order valence-electron chi connectivity index (χ1n) is 11.9. The second-order valence-corrected chi connectivity index (χ2v) is 8.91. The highest BCUT2D eigenvalue weighted by atomic mass is 19.1. The van der Waals surface area contributed by atoms with Crippen molar-refractivity contribution in [1.29, 1.82) is 0 Å². The minimum Gasteiger partial charge on any atom is -0.330 e. The van der Waals surface area contributed by atoms with Gasteiger partial charge in [-0.2, -0.15) is 5.10 Å². The summed E-state index contributed by atoms with van der Waals surface area (Å²) in [5, 5.41) is 5.37. The van der Waals surface area contributed by atoms with Gasteiger partial charge in [-0.3, -0.25) is 9.78 Å². The minimum absolute atomic E-state index is 0.0322. The molecule has 1 aliphatic heterocycles. The molecule has 6 nitrogen and oxygen atoms in total. The lowest BCUT2D eigenvalue weighted by atomic mass is 9.93. The summed E-state index contributed by atoms with van der Waals surface area (Å²) < 4.78 is 17.0. The zero-order valence-corrected chi connectivity index (χ0v) is 19.6. The van der Waals surface area contributed by atoms with E-state index in [4.69, 9.17) is 0 Å². The van der Waals surface area contributed by atoms with Gasteiger partial charge in [-0.05, 0) is 49.1 Å². The Morgan fingerprint density at radius 1 is 1.11 bits per heavy atom. The third-order valence-electron chi connectivity index (χ3n) is 6.93. The van der Waals surface area contributed by atoms with Crippen molar-refractivity contribution < 1.29 is 9.18 Å². The van der Waals surface area contributed by atoms with Gasteiger partial charge in [0.05, 0.1) is 11.7 Å². The number of carbonyl (C=O) groups excluding carboxylic acids is 1. The summed E-state index contributed by atoms with van der Waals surface area (Å²) in [5.41, 5.74) is 5.33. The molecule has 0 saturated heterocycles. The van der Waals surface area contributed by atoms with Gasteiger partial charge in [-0.25, -0.2) is 13.9 Å². The quantitative estimate of drug-likeness (QED) is 0.358. The number of carbonyl (C=O) groups is 1. The molecule has 3 aromatic heterocycles. The second-order valence-electron chi connectivity index (χ2n) is 8.91. The summed E-state index contributed by atoms with van der Waals surface area (Å²) in [6, 6.07) is 18.9. The second kappa shape index (κ2) is 8.27. The fourth-order valence-corrected chi connectivity index (χ4v) is 5.03. The van der Waals surface area contributed by atoms with Gasteiger partial charge in [0.2, 0.25) is 0 Å². The first kappa shape index (κ1) is 21.4. The van der Waals surface area contributed by atoms with E-state index in [0.717, 1.165) is 17.5 Å². The monoisotopic (exact) mass is 465 g/mol. The van der Waals surface area contributed by atoms with Crippen LogP contribution in [0, 0.1) is 5.82 Å². The maximum absolute atomic E-state index is 15.3. The van der Waals surface area contributed by atoms with Gasteiger partial charge in [0.1, 0.15) is 11.2 Å². The van der Waals surface area contributed by atoms with Gasteiger partial charge in [-0.1, -0.05) is 43.3 Å². The van der Waals surface area contributed by atoms with Crippen LogP contribution in [0.1, 0.15) is 47.2 Å². The largest absolute Gasteiger partial charge is 0.330 e. The van der Waals surface area contributed by atoms with Crippen molar-refractivity contribution >= 4 is 22.5 Å². The van der Waals surface area contributed by atoms with Gasteiger partial charge < -0.3 is 4.90 Å². The normalized spacial score (nSPS) is 15.5. The van der Waals surface area contributed by atoms with Crippen molar-refractivity contribution in [2.24, 2.45) is 0 Å². The molecule has 0 N–H and O–H groups in total. The van der Waals surface area contributed by atoms with Crippen LogP contribution in [0.25, 0.3) is 27.8 Å². The van der Waals surface area contributed by atoms with Crippen LogP contribution in [-0.2, 0) is 12.8 Å². The number of pyridine rings is 1. The molecule has 7 heteroatoms. The molecule has 5 aromatic rings. The average Bonchev–Trinajstić information content (AvgIpc) is 3.32. The maximum Gasteiger partial charge on any atom is 0.273 e. The van der Waals surface area contributed by atoms with Crippen molar-refractivity contribution in [2.75, 3.05) is 6.54 Å². The third-order valence-corrected chi connectivity index (χ3v) is 6.93. The first-order chi connectivity index (χ1) is 17.0. The Morgan fingerprint density at radius 3 is 2.83 bits per heavy atom. The molecule has 1 unspecified atom stereocenters. The molecule has 1 aliphatic rings. The van der Waals surface area contributed by atoms with E-state index in [0.29, 0.717) is 41.1 Å². The number of aryl methyl sites for hydroxylation is 1. The average molecular weight is 466 g/mol. The molecule has 1 amide bonds. The van der Waals surface area contributed by atoms with E-state index in [1.165, 1.54) is 11.1 Å². The van der Waals surface area contributed by atoms with E-state index in [-0.39, 0.29) is 11.9 Å². The Bertz CT molecular complexity index is 1610. The van der Waals surface area contributed by atoms with Crippen molar-refractivity contribution in [1.82, 2.24) is 24.5 Å². The number of amides is 1. The lowest BCUT2D eigenvalue weighted by molar-refractivity contribution is 0.0671. The van der Waals surface area contributed by atoms with E-state index in [9.17, 15) is 4.79 Å². The van der Waals surface area contributed by atoms with Crippen molar-refractivity contribution in [2.45, 2.75) is 32.7 Å². The molecule has 35 heavy (non-hydrogen) atoms. The van der Waals surface area contributed by atoms with Crippen molar-refractivity contribution in [3.8, 4) is 11.3 Å². The molecular formula is C28H24FN5O. The summed E-state index contributed by atoms with van der Waals surface area (Å²) in [6.07, 6.45) is 3.05. The number of aromatic nitrogens is 4. The molecule has 4 heterocycles. The Morgan fingerprint density at radius 2 is 1.97 bits per heavy atom. The predicted molar refractivity (Wildman–Crippen MR) is 133 cm³/mol. The number of hydrogen-bond acceptors (Lipinski definition) is 4. The zero-order chi connectivity index (χ0) is 24.1. The molecule has 0 bridgehead atoms. The van der Waals surface area contributed by atoms with Gasteiger partial charge >= 0.3 is 0 Å². The molecule has 174 valence electrons. The minimum atomic E-state index is -0.415. The number of fused-ring (bicyclic) bond motifs is 3. The van der Waals surface area contributed by atoms with Gasteiger partial charge in [0.15, 0.2) is 11.5 Å². The molecule has 0 radical (unpaired) electrons. The summed E-state index contributed by atoms with van der Waals surface area (Å²) in [5.74, 6) is -0.519. The van der Waals surface area contributed by atoms with Crippen LogP contribution in [0.3, 0.4) is 0 Å². The molecule has 1 atom stereocenters. The molecule has 0 saturated carbocycles. The van der Waals surface area contributed by atoms with E-state index in [1.54, 1.807) is 35.0 Å². The topological polar surface area (TPSA) is 63.4 Å². The van der Waals surface area contributed by atoms with Gasteiger partial charge in [0.25, 0.3) is 5.91 Å². The molecule has 0 spiro atoms. The van der Waals surface area contributed by atoms with Crippen LogP contribution >= 0.6 is 0 Å². The van der Waals surface area contributed by atoms with Crippen LogP contribution in [0.4, 0.5) is 4.39 Å². The lowest BCUT2D eigenvalue weighted by Crippen LogP contribution is -2.39. The smallest absolute Gasteiger partial charge is 0.273 e. The highest BCUT2D eigenvalue weighted by Gasteiger charge is 2.29. The van der Waals surface area contributed by atoms with E-state index in [1.807, 2.05) is 36.1 Å². The highest BCUT2D eigenvalue weighted by molar-refractivity contribution is 5.93. The molecule has 0 aliphatic carbocycles. The standard InChI is InChI=1S/C28H24FN5O/c1-3-20-15-24(28(35)33-14-12-18-7-4-5-9-21(18)17(33)2)31-25-16-23(32-34(20)25)22-11-10-19-8-6-13-30-27(19)26(22)29/h4-11,13,15-17H,3,12,14H2,1-2H3. The number of rotatable bonds is 3. The maximum atomic E-state index is 15.3. The highest BCUT2D eigenvalue weighted by Crippen LogP contribution is 2.31. The predicted octanol–water partition coefficient (Wildman–Crippen LogP) is 5.41. The fraction of sp³-hybridized carbons (Fsp3) is 0.214. The van der Waals surface area contributed by atoms with Crippen molar-refractivity contribution in [3.63, 3.8) is 0 Å². The molecule has 6 rings (SSSR count). The van der Waals surface area contributed by atoms with E-state index in [2.05, 4.69) is 34.1 Å². The van der Waals surface area contributed by atoms with Crippen molar-refractivity contribution in [3.05, 3.63) is 95.2 Å². The van der Waals surface area contributed by atoms with E-state index >= 15 is 4.39 Å². The first-order valence-corrected chi connectivity index (χ1v) is 11.9. The van der Waals surface area contributed by atoms with Crippen LogP contribution in [0.2, 0.25) is 0 Å². The lowest BCUT2D eigenvalue weighted by Gasteiger charge is -2.35. The zero-order valence-electron chi connectivity index (χ0n) is 19.6. The Kier molecular flexibility index (Phi) is 5.06. The summed E-state index contributed by atoms with van der Waals surface area (Å²) in [6.45, 7) is 4.71. The Balaban J connectivity index is 1.41. The number of halogens is 1. The number of benzene rings is 2. The van der Waals surface area contributed by atoms with Crippen LogP contribution in [0.15, 0.2) is 66.9 Å². The summed E-state index contributed by atoms with van der Waals surface area (Å²) in [4.78, 5) is 24.3. The molecule has 2 aromatic carbocycles. The molecule has 0 fully saturated rings.